The minimum Gasteiger partial charge on any atom is -0.383 e. The van der Waals surface area contributed by atoms with E-state index in [9.17, 15) is 17.6 Å². The molecular weight excluding hydrogens is 469 g/mol. The molecule has 0 amide bonds. The Bertz CT molecular complexity index is 1480. The van der Waals surface area contributed by atoms with Crippen LogP contribution in [0.4, 0.5) is 33.5 Å². The number of benzene rings is 2. The molecule has 1 aliphatic carbocycles. The second-order valence-corrected chi connectivity index (χ2v) is 8.24. The van der Waals surface area contributed by atoms with Gasteiger partial charge in [0.25, 0.3) is 5.78 Å². The Morgan fingerprint density at radius 1 is 1.17 bits per heavy atom. The van der Waals surface area contributed by atoms with Crippen molar-refractivity contribution in [3.63, 3.8) is 0 Å². The van der Waals surface area contributed by atoms with E-state index in [1.165, 1.54) is 47.0 Å². The van der Waals surface area contributed by atoms with Crippen LogP contribution < -0.4 is 4.90 Å². The highest BCUT2D eigenvalue weighted by Crippen LogP contribution is 2.57. The Balaban J connectivity index is 1.66. The number of alkyl halides is 3. The smallest absolute Gasteiger partial charge is 0.383 e. The zero-order chi connectivity index (χ0) is 24.8. The lowest BCUT2D eigenvalue weighted by Gasteiger charge is -2.25. The third-order valence-corrected chi connectivity index (χ3v) is 5.92. The van der Waals surface area contributed by atoms with Gasteiger partial charge in [0.05, 0.1) is 17.5 Å². The maximum absolute atomic E-state index is 15.1. The number of hydrogen-bond donors (Lipinski definition) is 0. The van der Waals surface area contributed by atoms with E-state index < -0.39 is 23.2 Å². The molecule has 2 aromatic heterocycles. The zero-order valence-electron chi connectivity index (χ0n) is 18.4. The van der Waals surface area contributed by atoms with Crippen molar-refractivity contribution >= 4 is 28.2 Å². The fourth-order valence-corrected chi connectivity index (χ4v) is 3.89. The van der Waals surface area contributed by atoms with Crippen molar-refractivity contribution in [2.24, 2.45) is 5.41 Å². The van der Waals surface area contributed by atoms with Gasteiger partial charge in [-0.2, -0.15) is 18.2 Å². The van der Waals surface area contributed by atoms with Gasteiger partial charge in [-0.05, 0) is 43.2 Å². The second kappa shape index (κ2) is 8.46. The third-order valence-electron chi connectivity index (χ3n) is 5.92. The monoisotopic (exact) mass is 487 g/mol. The van der Waals surface area contributed by atoms with Gasteiger partial charge in [0.15, 0.2) is 0 Å². The van der Waals surface area contributed by atoms with Crippen LogP contribution in [0, 0.1) is 28.9 Å². The van der Waals surface area contributed by atoms with Gasteiger partial charge in [-0.25, -0.2) is 8.78 Å². The molecule has 0 bridgehead atoms. The third kappa shape index (κ3) is 4.14. The molecule has 11 heteroatoms. The lowest BCUT2D eigenvalue weighted by molar-refractivity contribution is -0.168. The van der Waals surface area contributed by atoms with Crippen LogP contribution in [0.3, 0.4) is 0 Å². The predicted molar refractivity (Wildman–Crippen MR) is 118 cm³/mol. The number of rotatable bonds is 5. The first kappa shape index (κ1) is 23.0. The molecule has 6 nitrogen and oxygen atoms in total. The van der Waals surface area contributed by atoms with E-state index in [1.54, 1.807) is 6.07 Å². The molecule has 5 rings (SSSR count). The number of fused-ring (bicyclic) bond motifs is 3. The Kier molecular flexibility index (Phi) is 5.56. The molecule has 4 aromatic rings. The number of hydrogen-bond acceptors (Lipinski definition) is 5. The first-order valence-corrected chi connectivity index (χ1v) is 10.7. The van der Waals surface area contributed by atoms with Crippen LogP contribution in [0.1, 0.15) is 18.4 Å². The number of aromatic nitrogens is 4. The largest absolute Gasteiger partial charge is 0.405 e. The summed E-state index contributed by atoms with van der Waals surface area (Å²) in [6.45, 7) is 0.310. The molecule has 2 heterocycles. The SMILES string of the molecule is COCCN(c1cc(F)cc(C#CC2(C(F)(F)F)CC2)c1)c1nc2nncn2c2cccc(F)c12. The van der Waals surface area contributed by atoms with Gasteiger partial charge in [-0.3, -0.25) is 4.40 Å². The highest BCUT2D eigenvalue weighted by Gasteiger charge is 2.62. The molecule has 0 saturated heterocycles. The molecule has 0 N–H and O–H groups in total. The van der Waals surface area contributed by atoms with Gasteiger partial charge in [0.2, 0.25) is 0 Å². The van der Waals surface area contributed by atoms with Crippen molar-refractivity contribution in [2.75, 3.05) is 25.2 Å². The quantitative estimate of drug-likeness (QED) is 0.292. The summed E-state index contributed by atoms with van der Waals surface area (Å²) in [6.07, 6.45) is -3.22. The molecule has 35 heavy (non-hydrogen) atoms. The summed E-state index contributed by atoms with van der Waals surface area (Å²) in [6, 6.07) is 8.16. The molecule has 0 atom stereocenters. The summed E-state index contributed by atoms with van der Waals surface area (Å²) in [5.41, 5.74) is -1.32. The minimum atomic E-state index is -4.45. The van der Waals surface area contributed by atoms with Gasteiger partial charge < -0.3 is 9.64 Å². The van der Waals surface area contributed by atoms with Crippen molar-refractivity contribution in [3.8, 4) is 11.8 Å². The minimum absolute atomic E-state index is 0.0614. The standard InChI is InChI=1S/C24H18F5N5O/c1-35-10-9-33(21-20-18(26)3-2-4-19(20)34-14-30-32-22(34)31-21)17-12-15(11-16(25)13-17)5-6-23(7-8-23)24(27,28)29/h2-4,11-14H,7-10H2,1H3. The van der Waals surface area contributed by atoms with E-state index >= 15 is 4.39 Å². The summed E-state index contributed by atoms with van der Waals surface area (Å²) in [5, 5.41) is 7.93. The maximum atomic E-state index is 15.1. The molecule has 0 unspecified atom stereocenters. The topological polar surface area (TPSA) is 55.5 Å². The van der Waals surface area contributed by atoms with Crippen molar-refractivity contribution in [2.45, 2.75) is 19.0 Å². The van der Waals surface area contributed by atoms with Gasteiger partial charge in [-0.15, -0.1) is 10.2 Å². The summed E-state index contributed by atoms with van der Waals surface area (Å²) in [5.74, 6) is 3.81. The molecule has 180 valence electrons. The Morgan fingerprint density at radius 3 is 2.69 bits per heavy atom. The summed E-state index contributed by atoms with van der Waals surface area (Å²) < 4.78 is 76.2. The van der Waals surface area contributed by atoms with E-state index in [0.717, 1.165) is 6.07 Å². The summed E-state index contributed by atoms with van der Waals surface area (Å²) in [7, 11) is 1.47. The molecule has 0 radical (unpaired) electrons. The molecule has 1 aliphatic rings. The van der Waals surface area contributed by atoms with Crippen molar-refractivity contribution in [1.82, 2.24) is 19.6 Å². The zero-order valence-corrected chi connectivity index (χ0v) is 18.4. The van der Waals surface area contributed by atoms with Crippen molar-refractivity contribution in [3.05, 3.63) is 59.9 Å². The van der Waals surface area contributed by atoms with Crippen molar-refractivity contribution in [1.29, 1.82) is 0 Å². The Labute approximate surface area is 196 Å². The number of anilines is 2. The highest BCUT2D eigenvalue weighted by atomic mass is 19.4. The van der Waals surface area contributed by atoms with Gasteiger partial charge in [0, 0.05) is 24.9 Å². The van der Waals surface area contributed by atoms with E-state index in [4.69, 9.17) is 4.74 Å². The molecule has 1 fully saturated rings. The summed E-state index contributed by atoms with van der Waals surface area (Å²) in [4.78, 5) is 5.98. The lowest BCUT2D eigenvalue weighted by atomic mass is 10.1. The van der Waals surface area contributed by atoms with Crippen LogP contribution in [0.2, 0.25) is 0 Å². The number of halogens is 5. The molecule has 2 aromatic carbocycles. The molecule has 0 spiro atoms. The highest BCUT2D eigenvalue weighted by molar-refractivity contribution is 5.94. The van der Waals surface area contributed by atoms with E-state index in [2.05, 4.69) is 27.0 Å². The Hall–Kier alpha value is -3.78. The first-order chi connectivity index (χ1) is 16.7. The average molecular weight is 487 g/mol. The Morgan fingerprint density at radius 2 is 1.97 bits per heavy atom. The number of nitrogens with zero attached hydrogens (tertiary/aromatic N) is 5. The van der Waals surface area contributed by atoms with Crippen LogP contribution >= 0.6 is 0 Å². The van der Waals surface area contributed by atoms with Crippen LogP contribution in [-0.4, -0.2) is 46.0 Å². The molecule has 1 saturated carbocycles. The number of ether oxygens (including phenoxy) is 1. The van der Waals surface area contributed by atoms with E-state index in [-0.39, 0.29) is 54.2 Å². The van der Waals surface area contributed by atoms with E-state index in [1.807, 2.05) is 0 Å². The first-order valence-electron chi connectivity index (χ1n) is 10.7. The van der Waals surface area contributed by atoms with Crippen LogP contribution in [0.25, 0.3) is 16.7 Å². The normalized spacial score (nSPS) is 14.7. The van der Waals surface area contributed by atoms with Crippen LogP contribution in [0.5, 0.6) is 0 Å². The van der Waals surface area contributed by atoms with Gasteiger partial charge in [0.1, 0.15) is 29.2 Å². The lowest BCUT2D eigenvalue weighted by Crippen LogP contribution is -2.24. The number of methoxy groups -OCH3 is 1. The second-order valence-electron chi connectivity index (χ2n) is 8.24. The predicted octanol–water partition coefficient (Wildman–Crippen LogP) is 5.03. The van der Waals surface area contributed by atoms with Crippen molar-refractivity contribution < 1.29 is 26.7 Å². The fourth-order valence-electron chi connectivity index (χ4n) is 3.89. The summed E-state index contributed by atoms with van der Waals surface area (Å²) >= 11 is 0. The van der Waals surface area contributed by atoms with Gasteiger partial charge >= 0.3 is 6.18 Å². The van der Waals surface area contributed by atoms with Crippen LogP contribution in [0.15, 0.2) is 42.7 Å². The van der Waals surface area contributed by atoms with Gasteiger partial charge in [-0.1, -0.05) is 17.9 Å². The molecule has 0 aliphatic heterocycles. The molecular formula is C24H18F5N5O. The van der Waals surface area contributed by atoms with Crippen LogP contribution in [-0.2, 0) is 4.74 Å². The van der Waals surface area contributed by atoms with E-state index in [0.29, 0.717) is 5.52 Å². The average Bonchev–Trinajstić information content (AvgIpc) is 3.47. The maximum Gasteiger partial charge on any atom is 0.405 e. The fraction of sp³-hybridized carbons (Fsp3) is 0.292.